The van der Waals surface area contributed by atoms with Gasteiger partial charge in [0.25, 0.3) is 0 Å². The zero-order valence-electron chi connectivity index (χ0n) is 23.8. The van der Waals surface area contributed by atoms with E-state index in [1.165, 1.54) is 0 Å². The van der Waals surface area contributed by atoms with Crippen molar-refractivity contribution in [1.29, 1.82) is 0 Å². The number of fused-ring (bicyclic) bond motifs is 2. The highest BCUT2D eigenvalue weighted by atomic mass is 16.6. The Morgan fingerprint density at radius 3 is 2.11 bits per heavy atom. The van der Waals surface area contributed by atoms with E-state index in [1.54, 1.807) is 0 Å². The molecule has 3 rings (SSSR count). The van der Waals surface area contributed by atoms with Crippen LogP contribution >= 0.6 is 0 Å². The van der Waals surface area contributed by atoms with Gasteiger partial charge in [0, 0.05) is 12.8 Å². The second kappa shape index (κ2) is 9.99. The molecule has 35 heavy (non-hydrogen) atoms. The third-order valence-electron chi connectivity index (χ3n) is 9.89. The Balaban J connectivity index is 1.95. The zero-order valence-corrected chi connectivity index (χ0v) is 23.8. The number of esters is 2. The lowest BCUT2D eigenvalue weighted by Gasteiger charge is -2.57. The standard InChI is InChI=1S/C30H52O5/c1-9-27(25(32)35-29(10-2)13-11-12-14-29)18-28(33)16-23(7)17-30(19-27,20-28)34-24(31)26(8,22(5)6)15-21(3)4/h21-23,33H,9-20H2,1-8H3. The summed E-state index contributed by atoms with van der Waals surface area (Å²) >= 11 is 0. The Bertz CT molecular complexity index is 784. The molecule has 5 atom stereocenters. The average Bonchev–Trinajstić information content (AvgIpc) is 3.19. The van der Waals surface area contributed by atoms with Crippen LogP contribution in [0.2, 0.25) is 0 Å². The SMILES string of the molecule is CCC1(OC(=O)C2(CC)CC3(O)CC(C)CC(OC(=O)C(C)(CC(C)C)C(C)C)(C3)C2)CCCC1. The third kappa shape index (κ3) is 5.60. The lowest BCUT2D eigenvalue weighted by Crippen LogP contribution is -2.62. The zero-order chi connectivity index (χ0) is 26.3. The molecule has 2 bridgehead atoms. The molecule has 3 aliphatic carbocycles. The van der Waals surface area contributed by atoms with Crippen molar-refractivity contribution in [3.05, 3.63) is 0 Å². The van der Waals surface area contributed by atoms with Gasteiger partial charge in [0.15, 0.2) is 0 Å². The van der Waals surface area contributed by atoms with E-state index in [2.05, 4.69) is 41.5 Å². The van der Waals surface area contributed by atoms with Crippen LogP contribution in [0.4, 0.5) is 0 Å². The van der Waals surface area contributed by atoms with Gasteiger partial charge in [-0.15, -0.1) is 0 Å². The second-order valence-electron chi connectivity index (χ2n) is 13.8. The van der Waals surface area contributed by atoms with Crippen LogP contribution in [0.1, 0.15) is 132 Å². The molecule has 0 heterocycles. The maximum absolute atomic E-state index is 13.9. The van der Waals surface area contributed by atoms with Gasteiger partial charge in [-0.1, -0.05) is 48.5 Å². The van der Waals surface area contributed by atoms with Gasteiger partial charge in [-0.05, 0) is 88.9 Å². The highest BCUT2D eigenvalue weighted by Crippen LogP contribution is 2.58. The molecule has 0 aliphatic heterocycles. The van der Waals surface area contributed by atoms with E-state index in [0.717, 1.165) is 38.5 Å². The number of carbonyl (C=O) groups is 2. The molecule has 202 valence electrons. The van der Waals surface area contributed by atoms with Crippen molar-refractivity contribution in [2.24, 2.45) is 28.6 Å². The van der Waals surface area contributed by atoms with E-state index in [4.69, 9.17) is 9.47 Å². The lowest BCUT2D eigenvalue weighted by atomic mass is 9.53. The van der Waals surface area contributed by atoms with E-state index < -0.39 is 22.0 Å². The van der Waals surface area contributed by atoms with Crippen LogP contribution in [-0.2, 0) is 19.1 Å². The van der Waals surface area contributed by atoms with Gasteiger partial charge in [-0.2, -0.15) is 0 Å². The summed E-state index contributed by atoms with van der Waals surface area (Å²) in [6, 6.07) is 0. The van der Waals surface area contributed by atoms with Crippen molar-refractivity contribution in [3.8, 4) is 0 Å². The van der Waals surface area contributed by atoms with Crippen LogP contribution in [0.15, 0.2) is 0 Å². The van der Waals surface area contributed by atoms with Crippen molar-refractivity contribution < 1.29 is 24.2 Å². The molecule has 0 aromatic carbocycles. The molecule has 5 nitrogen and oxygen atoms in total. The Kier molecular flexibility index (Phi) is 8.12. The summed E-state index contributed by atoms with van der Waals surface area (Å²) in [6.45, 7) is 16.7. The first-order valence-corrected chi connectivity index (χ1v) is 14.4. The summed E-state index contributed by atoms with van der Waals surface area (Å²) in [4.78, 5) is 27.8. The second-order valence-corrected chi connectivity index (χ2v) is 13.8. The fraction of sp³-hybridized carbons (Fsp3) is 0.933. The minimum absolute atomic E-state index is 0.130. The van der Waals surface area contributed by atoms with Crippen molar-refractivity contribution in [2.45, 2.75) is 149 Å². The van der Waals surface area contributed by atoms with Gasteiger partial charge < -0.3 is 14.6 Å². The fourth-order valence-electron chi connectivity index (χ4n) is 7.90. The largest absolute Gasteiger partial charge is 0.459 e. The van der Waals surface area contributed by atoms with Gasteiger partial charge in [0.2, 0.25) is 0 Å². The average molecular weight is 493 g/mol. The predicted molar refractivity (Wildman–Crippen MR) is 139 cm³/mol. The molecular weight excluding hydrogens is 440 g/mol. The Morgan fingerprint density at radius 2 is 1.60 bits per heavy atom. The highest BCUT2D eigenvalue weighted by Gasteiger charge is 2.63. The minimum Gasteiger partial charge on any atom is -0.459 e. The molecule has 5 unspecified atom stereocenters. The Labute approximate surface area is 214 Å². The van der Waals surface area contributed by atoms with Gasteiger partial charge >= 0.3 is 11.9 Å². The third-order valence-corrected chi connectivity index (χ3v) is 9.89. The topological polar surface area (TPSA) is 72.8 Å². The molecular formula is C30H52O5. The summed E-state index contributed by atoms with van der Waals surface area (Å²) in [5, 5.41) is 11.8. The normalized spacial score (nSPS) is 36.1. The quantitative estimate of drug-likeness (QED) is 0.351. The van der Waals surface area contributed by atoms with Crippen LogP contribution in [0, 0.1) is 28.6 Å². The lowest BCUT2D eigenvalue weighted by molar-refractivity contribution is -0.231. The van der Waals surface area contributed by atoms with Gasteiger partial charge in [-0.3, -0.25) is 9.59 Å². The number of ether oxygens (including phenoxy) is 2. The molecule has 3 saturated carbocycles. The molecule has 0 spiro atoms. The molecule has 0 aromatic heterocycles. The smallest absolute Gasteiger partial charge is 0.312 e. The van der Waals surface area contributed by atoms with E-state index in [1.807, 2.05) is 13.8 Å². The van der Waals surface area contributed by atoms with Crippen molar-refractivity contribution in [3.63, 3.8) is 0 Å². The monoisotopic (exact) mass is 492 g/mol. The Hall–Kier alpha value is -1.10. The number of hydrogen-bond donors (Lipinski definition) is 1. The number of aliphatic hydroxyl groups is 1. The number of hydrogen-bond acceptors (Lipinski definition) is 5. The summed E-state index contributed by atoms with van der Waals surface area (Å²) in [7, 11) is 0. The van der Waals surface area contributed by atoms with Gasteiger partial charge in [0.05, 0.1) is 16.4 Å². The molecule has 3 aliphatic rings. The molecule has 0 aromatic rings. The highest BCUT2D eigenvalue weighted by molar-refractivity contribution is 5.79. The predicted octanol–water partition coefficient (Wildman–Crippen LogP) is 6.98. The summed E-state index contributed by atoms with van der Waals surface area (Å²) in [5.74, 6) is 0.344. The van der Waals surface area contributed by atoms with E-state index in [9.17, 15) is 14.7 Å². The molecule has 0 saturated heterocycles. The van der Waals surface area contributed by atoms with Crippen LogP contribution in [-0.4, -0.2) is 33.8 Å². The van der Waals surface area contributed by atoms with Gasteiger partial charge in [-0.25, -0.2) is 0 Å². The van der Waals surface area contributed by atoms with Crippen molar-refractivity contribution in [2.75, 3.05) is 0 Å². The summed E-state index contributed by atoms with van der Waals surface area (Å²) in [6.07, 6.45) is 8.74. The molecule has 3 fully saturated rings. The van der Waals surface area contributed by atoms with Crippen molar-refractivity contribution >= 4 is 11.9 Å². The first kappa shape index (κ1) is 28.5. The number of carbonyl (C=O) groups excluding carboxylic acids is 2. The van der Waals surface area contributed by atoms with Crippen LogP contribution in [0.5, 0.6) is 0 Å². The maximum Gasteiger partial charge on any atom is 0.312 e. The van der Waals surface area contributed by atoms with Crippen LogP contribution in [0.25, 0.3) is 0 Å². The fourth-order valence-corrected chi connectivity index (χ4v) is 7.90. The molecule has 0 amide bonds. The van der Waals surface area contributed by atoms with E-state index in [-0.39, 0.29) is 29.4 Å². The van der Waals surface area contributed by atoms with Gasteiger partial charge in [0.1, 0.15) is 11.2 Å². The minimum atomic E-state index is -1.02. The summed E-state index contributed by atoms with van der Waals surface area (Å²) < 4.78 is 12.9. The van der Waals surface area contributed by atoms with Crippen LogP contribution < -0.4 is 0 Å². The maximum atomic E-state index is 13.9. The molecule has 5 heteroatoms. The number of rotatable bonds is 9. The summed E-state index contributed by atoms with van der Waals surface area (Å²) in [5.41, 5.74) is -3.67. The van der Waals surface area contributed by atoms with Crippen LogP contribution in [0.3, 0.4) is 0 Å². The van der Waals surface area contributed by atoms with E-state index in [0.29, 0.717) is 44.4 Å². The molecule has 1 N–H and O–H groups in total. The van der Waals surface area contributed by atoms with Crippen molar-refractivity contribution in [1.82, 2.24) is 0 Å². The first-order valence-electron chi connectivity index (χ1n) is 14.4. The van der Waals surface area contributed by atoms with E-state index >= 15 is 0 Å². The molecule has 0 radical (unpaired) electrons. The first-order chi connectivity index (χ1) is 16.2. The Morgan fingerprint density at radius 1 is 0.971 bits per heavy atom.